The van der Waals surface area contributed by atoms with Crippen LogP contribution in [0.1, 0.15) is 30.9 Å². The van der Waals surface area contributed by atoms with Crippen LogP contribution in [-0.2, 0) is 20.9 Å². The topological polar surface area (TPSA) is 86.8 Å². The summed E-state index contributed by atoms with van der Waals surface area (Å²) in [4.78, 5) is 27.1. The van der Waals surface area contributed by atoms with Crippen molar-refractivity contribution >= 4 is 18.0 Å². The van der Waals surface area contributed by atoms with Crippen LogP contribution in [0, 0.1) is 0 Å². The molecule has 0 unspecified atom stereocenters. The summed E-state index contributed by atoms with van der Waals surface area (Å²) in [5, 5.41) is 2.76. The molecular weight excluding hydrogens is 372 g/mol. The van der Waals surface area contributed by atoms with Crippen LogP contribution in [0.2, 0.25) is 0 Å². The fraction of sp³-hybridized carbons (Fsp3) is 0.318. The predicted molar refractivity (Wildman–Crippen MR) is 107 cm³/mol. The molecule has 1 atom stereocenters. The molecule has 29 heavy (non-hydrogen) atoms. The van der Waals surface area contributed by atoms with Gasteiger partial charge >= 0.3 is 5.97 Å². The Morgan fingerprint density at radius 2 is 2.17 bits per heavy atom. The maximum atomic E-state index is 11.9. The van der Waals surface area contributed by atoms with Gasteiger partial charge in [-0.25, -0.2) is 4.79 Å². The van der Waals surface area contributed by atoms with Crippen LogP contribution in [0.5, 0.6) is 11.5 Å². The number of benzene rings is 1. The van der Waals surface area contributed by atoms with Crippen molar-refractivity contribution in [2.45, 2.75) is 32.4 Å². The van der Waals surface area contributed by atoms with E-state index in [1.165, 1.54) is 6.08 Å². The van der Waals surface area contributed by atoms with E-state index in [-0.39, 0.29) is 18.6 Å². The van der Waals surface area contributed by atoms with Crippen LogP contribution in [0.25, 0.3) is 6.08 Å². The summed E-state index contributed by atoms with van der Waals surface area (Å²) in [6.45, 7) is 2.95. The molecule has 1 aromatic carbocycles. The normalized spacial score (nSPS) is 15.9. The molecule has 1 saturated heterocycles. The van der Waals surface area contributed by atoms with Crippen LogP contribution in [0.3, 0.4) is 0 Å². The lowest BCUT2D eigenvalue weighted by atomic mass is 10.2. The summed E-state index contributed by atoms with van der Waals surface area (Å²) in [6, 6.07) is 9.15. The molecule has 7 heteroatoms. The molecular formula is C22H24N2O5. The first-order valence-electron chi connectivity index (χ1n) is 9.57. The lowest BCUT2D eigenvalue weighted by molar-refractivity contribution is -0.138. The van der Waals surface area contributed by atoms with E-state index >= 15 is 0 Å². The van der Waals surface area contributed by atoms with Gasteiger partial charge in [-0.2, -0.15) is 0 Å². The number of hydrogen-bond acceptors (Lipinski definition) is 6. The summed E-state index contributed by atoms with van der Waals surface area (Å²) >= 11 is 0. The Morgan fingerprint density at radius 3 is 2.90 bits per heavy atom. The lowest BCUT2D eigenvalue weighted by Gasteiger charge is -2.12. The summed E-state index contributed by atoms with van der Waals surface area (Å²) in [5.41, 5.74) is 1.74. The zero-order valence-corrected chi connectivity index (χ0v) is 16.3. The second-order valence-corrected chi connectivity index (χ2v) is 6.56. The van der Waals surface area contributed by atoms with Crippen LogP contribution in [0.4, 0.5) is 0 Å². The smallest absolute Gasteiger partial charge is 0.330 e. The van der Waals surface area contributed by atoms with Crippen molar-refractivity contribution in [3.05, 3.63) is 59.9 Å². The number of rotatable bonds is 9. The maximum Gasteiger partial charge on any atom is 0.330 e. The van der Waals surface area contributed by atoms with E-state index in [2.05, 4.69) is 10.3 Å². The second-order valence-electron chi connectivity index (χ2n) is 6.56. The highest BCUT2D eigenvalue weighted by molar-refractivity contribution is 5.87. The number of carbonyl (C=O) groups is 2. The first-order valence-corrected chi connectivity index (χ1v) is 9.57. The van der Waals surface area contributed by atoms with E-state index in [9.17, 15) is 9.59 Å². The van der Waals surface area contributed by atoms with Crippen molar-refractivity contribution in [2.75, 3.05) is 13.2 Å². The van der Waals surface area contributed by atoms with Crippen molar-refractivity contribution in [2.24, 2.45) is 0 Å². The maximum absolute atomic E-state index is 11.9. The van der Waals surface area contributed by atoms with Gasteiger partial charge in [0.05, 0.1) is 12.6 Å². The van der Waals surface area contributed by atoms with Gasteiger partial charge in [0.1, 0.15) is 13.2 Å². The van der Waals surface area contributed by atoms with E-state index in [0.29, 0.717) is 37.6 Å². The summed E-state index contributed by atoms with van der Waals surface area (Å²) in [7, 11) is 0. The second kappa shape index (κ2) is 10.3. The number of pyridine rings is 1. The van der Waals surface area contributed by atoms with Gasteiger partial charge in [-0.05, 0) is 43.2 Å². The molecule has 1 N–H and O–H groups in total. The quantitative estimate of drug-likeness (QED) is 0.518. The number of nitrogens with one attached hydrogen (secondary N) is 1. The third-order valence-electron chi connectivity index (χ3n) is 4.31. The van der Waals surface area contributed by atoms with Crippen molar-refractivity contribution in [3.8, 4) is 11.5 Å². The average molecular weight is 396 g/mol. The zero-order chi connectivity index (χ0) is 20.5. The molecule has 152 valence electrons. The van der Waals surface area contributed by atoms with Crippen molar-refractivity contribution < 1.29 is 23.8 Å². The lowest BCUT2D eigenvalue weighted by Crippen LogP contribution is -2.30. The Morgan fingerprint density at radius 1 is 1.28 bits per heavy atom. The molecule has 0 spiro atoms. The molecule has 1 fully saturated rings. The Labute approximate surface area is 169 Å². The largest absolute Gasteiger partial charge is 0.490 e. The van der Waals surface area contributed by atoms with Gasteiger partial charge in [0.25, 0.3) is 0 Å². The van der Waals surface area contributed by atoms with Crippen molar-refractivity contribution in [1.82, 2.24) is 10.3 Å². The standard InChI is InChI=1S/C22H24N2O5/c1-2-27-20-12-16(5-8-19(20)28-14-17-4-3-11-23-13-17)6-10-22(26)29-15-18-7-9-21(25)24-18/h3-6,8,10-13,18H,2,7,9,14-15H2,1H3,(H,24,25)/b10-6+/t18-/m1/s1. The van der Waals surface area contributed by atoms with Crippen LogP contribution < -0.4 is 14.8 Å². The predicted octanol–water partition coefficient (Wildman–Crippen LogP) is 2.89. The van der Waals surface area contributed by atoms with Gasteiger partial charge in [0, 0.05) is 30.5 Å². The van der Waals surface area contributed by atoms with Gasteiger partial charge in [-0.3, -0.25) is 9.78 Å². The molecule has 0 bridgehead atoms. The van der Waals surface area contributed by atoms with Crippen LogP contribution in [-0.4, -0.2) is 36.1 Å². The average Bonchev–Trinajstić information content (AvgIpc) is 3.16. The fourth-order valence-electron chi connectivity index (χ4n) is 2.86. The highest BCUT2D eigenvalue weighted by atomic mass is 16.5. The number of aromatic nitrogens is 1. The highest BCUT2D eigenvalue weighted by Crippen LogP contribution is 2.29. The van der Waals surface area contributed by atoms with E-state index in [1.807, 2.05) is 31.2 Å². The number of ether oxygens (including phenoxy) is 3. The molecule has 7 nitrogen and oxygen atoms in total. The molecule has 1 aliphatic heterocycles. The summed E-state index contributed by atoms with van der Waals surface area (Å²) in [6.07, 6.45) is 7.65. The van der Waals surface area contributed by atoms with Gasteiger partial charge in [-0.15, -0.1) is 0 Å². The number of nitrogens with zero attached hydrogens (tertiary/aromatic N) is 1. The summed E-state index contributed by atoms with van der Waals surface area (Å²) in [5.74, 6) is 0.755. The first kappa shape index (κ1) is 20.4. The Hall–Kier alpha value is -3.35. The number of amides is 1. The number of esters is 1. The molecule has 3 rings (SSSR count). The Balaban J connectivity index is 1.57. The molecule has 0 radical (unpaired) electrons. The van der Waals surface area contributed by atoms with E-state index in [0.717, 1.165) is 11.1 Å². The highest BCUT2D eigenvalue weighted by Gasteiger charge is 2.21. The molecule has 1 aromatic heterocycles. The molecule has 2 aromatic rings. The summed E-state index contributed by atoms with van der Waals surface area (Å²) < 4.78 is 16.7. The van der Waals surface area contributed by atoms with Gasteiger partial charge < -0.3 is 19.5 Å². The van der Waals surface area contributed by atoms with E-state index < -0.39 is 5.97 Å². The fourth-order valence-corrected chi connectivity index (χ4v) is 2.86. The minimum Gasteiger partial charge on any atom is -0.490 e. The molecule has 1 aliphatic rings. The molecule has 0 saturated carbocycles. The van der Waals surface area contributed by atoms with E-state index in [1.54, 1.807) is 24.5 Å². The van der Waals surface area contributed by atoms with Gasteiger partial charge in [0.2, 0.25) is 5.91 Å². The van der Waals surface area contributed by atoms with E-state index in [4.69, 9.17) is 14.2 Å². The first-order chi connectivity index (χ1) is 14.1. The monoisotopic (exact) mass is 396 g/mol. The number of hydrogen-bond donors (Lipinski definition) is 1. The minimum absolute atomic E-state index is 0.00381. The zero-order valence-electron chi connectivity index (χ0n) is 16.3. The third kappa shape index (κ3) is 6.34. The number of carbonyl (C=O) groups excluding carboxylic acids is 2. The molecule has 1 amide bonds. The van der Waals surface area contributed by atoms with Gasteiger partial charge in [0.15, 0.2) is 11.5 Å². The Bertz CT molecular complexity index is 867. The van der Waals surface area contributed by atoms with Crippen molar-refractivity contribution in [1.29, 1.82) is 0 Å². The SMILES string of the molecule is CCOc1cc(/C=C/C(=O)OC[C@H]2CCC(=O)N2)ccc1OCc1cccnc1. The van der Waals surface area contributed by atoms with Crippen LogP contribution in [0.15, 0.2) is 48.8 Å². The molecule has 2 heterocycles. The van der Waals surface area contributed by atoms with Crippen molar-refractivity contribution in [3.63, 3.8) is 0 Å². The minimum atomic E-state index is -0.457. The van der Waals surface area contributed by atoms with Crippen LogP contribution >= 0.6 is 0 Å². The third-order valence-corrected chi connectivity index (χ3v) is 4.31. The Kier molecular flexibility index (Phi) is 7.22. The molecule has 0 aliphatic carbocycles. The van der Waals surface area contributed by atoms with Gasteiger partial charge in [-0.1, -0.05) is 12.1 Å².